The van der Waals surface area contributed by atoms with Crippen LogP contribution in [0.5, 0.6) is 0 Å². The highest BCUT2D eigenvalue weighted by Crippen LogP contribution is 2.37. The average molecular weight is 399 g/mol. The fraction of sp³-hybridized carbons (Fsp3) is 0.400. The summed E-state index contributed by atoms with van der Waals surface area (Å²) in [4.78, 5) is 28.7. The van der Waals surface area contributed by atoms with E-state index in [0.29, 0.717) is 0 Å². The molecular weight excluding hydrogens is 387 g/mol. The van der Waals surface area contributed by atoms with Gasteiger partial charge in [0.1, 0.15) is 5.02 Å². The van der Waals surface area contributed by atoms with Crippen molar-refractivity contribution in [3.63, 3.8) is 0 Å². The molecule has 0 radical (unpaired) electrons. The van der Waals surface area contributed by atoms with Crippen molar-refractivity contribution in [1.29, 1.82) is 0 Å². The number of carbonyl (C=O) groups excluding carboxylic acids is 2. The molecule has 1 unspecified atom stereocenters. The number of halogens is 5. The lowest BCUT2D eigenvalue weighted by molar-refractivity contribution is -0.143. The van der Waals surface area contributed by atoms with Crippen molar-refractivity contribution in [2.45, 2.75) is 25.8 Å². The first-order valence-corrected chi connectivity index (χ1v) is 8.18. The molecule has 0 heterocycles. The number of hydrogen-bond acceptors (Lipinski definition) is 4. The number of Topliss-reactive ketones (excluding diaryl/α,β-unsaturated/α-hetero) is 1. The van der Waals surface area contributed by atoms with Crippen molar-refractivity contribution >= 4 is 52.8 Å². The van der Waals surface area contributed by atoms with Gasteiger partial charge in [0.05, 0.1) is 22.2 Å². The van der Waals surface area contributed by atoms with Crippen LogP contribution in [0, 0.1) is 17.6 Å². The molecule has 130 valence electrons. The van der Waals surface area contributed by atoms with Crippen LogP contribution < -0.4 is 0 Å². The zero-order valence-electron chi connectivity index (χ0n) is 12.4. The lowest BCUT2D eigenvalue weighted by Gasteiger charge is -2.14. The molecule has 1 fully saturated rings. The van der Waals surface area contributed by atoms with Crippen LogP contribution in [0.3, 0.4) is 0 Å². The van der Waals surface area contributed by atoms with Crippen molar-refractivity contribution in [3.8, 4) is 0 Å². The van der Waals surface area contributed by atoms with Gasteiger partial charge in [-0.25, -0.2) is 8.78 Å². The molecule has 0 aliphatic heterocycles. The topological polar surface area (TPSA) is 55.7 Å². The van der Waals surface area contributed by atoms with E-state index in [2.05, 4.69) is 4.99 Å². The zero-order chi connectivity index (χ0) is 18.0. The predicted molar refractivity (Wildman–Crippen MR) is 87.4 cm³/mol. The van der Waals surface area contributed by atoms with E-state index in [4.69, 9.17) is 39.5 Å². The van der Waals surface area contributed by atoms with Gasteiger partial charge in [0.25, 0.3) is 0 Å². The third kappa shape index (κ3) is 3.87. The number of rotatable bonds is 6. The maximum atomic E-state index is 13.9. The number of benzene rings is 1. The summed E-state index contributed by atoms with van der Waals surface area (Å²) in [6.07, 6.45) is 2.78. The minimum absolute atomic E-state index is 0.0185. The van der Waals surface area contributed by atoms with Gasteiger partial charge in [-0.05, 0) is 19.8 Å². The van der Waals surface area contributed by atoms with Gasteiger partial charge >= 0.3 is 5.97 Å². The van der Waals surface area contributed by atoms with E-state index >= 15 is 0 Å². The number of carbonyl (C=O) groups is 2. The zero-order valence-corrected chi connectivity index (χ0v) is 14.7. The summed E-state index contributed by atoms with van der Waals surface area (Å²) in [5, 5.41) is -2.45. The second-order valence-electron chi connectivity index (χ2n) is 5.07. The lowest BCUT2D eigenvalue weighted by atomic mass is 9.98. The smallest absolute Gasteiger partial charge is 0.322 e. The summed E-state index contributed by atoms with van der Waals surface area (Å²) >= 11 is 16.9. The third-order valence-electron chi connectivity index (χ3n) is 3.27. The second kappa shape index (κ2) is 7.76. The molecule has 4 nitrogen and oxygen atoms in total. The summed E-state index contributed by atoms with van der Waals surface area (Å²) in [6.45, 7) is 1.57. The number of esters is 1. The molecule has 0 N–H and O–H groups in total. The third-order valence-corrected chi connectivity index (χ3v) is 4.31. The van der Waals surface area contributed by atoms with Crippen LogP contribution in [0.4, 0.5) is 8.78 Å². The van der Waals surface area contributed by atoms with Gasteiger partial charge in [-0.2, -0.15) is 0 Å². The molecule has 1 aliphatic rings. The molecule has 1 atom stereocenters. The Morgan fingerprint density at radius 3 is 2.21 bits per heavy atom. The van der Waals surface area contributed by atoms with Gasteiger partial charge < -0.3 is 4.74 Å². The Kier molecular flexibility index (Phi) is 6.17. The molecule has 1 saturated carbocycles. The van der Waals surface area contributed by atoms with E-state index in [-0.39, 0.29) is 12.6 Å². The second-order valence-corrected chi connectivity index (χ2v) is 6.20. The molecule has 0 saturated heterocycles. The molecule has 1 aromatic carbocycles. The van der Waals surface area contributed by atoms with Crippen LogP contribution in [0.1, 0.15) is 30.1 Å². The van der Waals surface area contributed by atoms with Crippen LogP contribution in [0.25, 0.3) is 0 Å². The summed E-state index contributed by atoms with van der Waals surface area (Å²) in [7, 11) is 0. The Labute approximate surface area is 151 Å². The highest BCUT2D eigenvalue weighted by Gasteiger charge is 2.34. The van der Waals surface area contributed by atoms with E-state index in [1.807, 2.05) is 0 Å². The quantitative estimate of drug-likeness (QED) is 0.177. The molecule has 0 aromatic heterocycles. The Hall–Kier alpha value is -1.24. The highest BCUT2D eigenvalue weighted by molar-refractivity contribution is 6.43. The average Bonchev–Trinajstić information content (AvgIpc) is 3.36. The molecular formula is C15H12Cl3F2NO3. The summed E-state index contributed by atoms with van der Waals surface area (Å²) in [5.41, 5.74) is -0.668. The SMILES string of the molecule is CCOC(=O)C(C=NC1CC1)C(=O)c1c(Cl)c(F)c(Cl)c(F)c1Cl. The first-order valence-electron chi connectivity index (χ1n) is 7.05. The maximum Gasteiger partial charge on any atom is 0.322 e. The highest BCUT2D eigenvalue weighted by atomic mass is 35.5. The number of ether oxygens (including phenoxy) is 1. The summed E-state index contributed by atoms with van der Waals surface area (Å²) in [5.74, 6) is -6.08. The largest absolute Gasteiger partial charge is 0.465 e. The number of ketones is 1. The summed E-state index contributed by atoms with van der Waals surface area (Å²) < 4.78 is 32.5. The van der Waals surface area contributed by atoms with Crippen LogP contribution in [0.2, 0.25) is 15.1 Å². The van der Waals surface area contributed by atoms with Crippen molar-refractivity contribution < 1.29 is 23.1 Å². The number of nitrogens with zero attached hydrogens (tertiary/aromatic N) is 1. The van der Waals surface area contributed by atoms with Gasteiger partial charge in [-0.1, -0.05) is 34.8 Å². The van der Waals surface area contributed by atoms with Gasteiger partial charge in [-0.15, -0.1) is 0 Å². The molecule has 1 aromatic rings. The Balaban J connectivity index is 2.47. The molecule has 1 aliphatic carbocycles. The van der Waals surface area contributed by atoms with Crippen LogP contribution in [0.15, 0.2) is 4.99 Å². The molecule has 0 bridgehead atoms. The lowest BCUT2D eigenvalue weighted by Crippen LogP contribution is -2.28. The van der Waals surface area contributed by atoms with E-state index < -0.39 is 49.9 Å². The fourth-order valence-electron chi connectivity index (χ4n) is 1.88. The molecule has 9 heteroatoms. The monoisotopic (exact) mass is 397 g/mol. The van der Waals surface area contributed by atoms with Gasteiger partial charge in [0.2, 0.25) is 0 Å². The maximum absolute atomic E-state index is 13.9. The number of aliphatic imine (C=N–C) groups is 1. The van der Waals surface area contributed by atoms with E-state index in [1.54, 1.807) is 6.92 Å². The minimum Gasteiger partial charge on any atom is -0.465 e. The Morgan fingerprint density at radius 2 is 1.75 bits per heavy atom. The Bertz CT molecular complexity index is 691. The van der Waals surface area contributed by atoms with E-state index in [9.17, 15) is 18.4 Å². The molecule has 0 amide bonds. The van der Waals surface area contributed by atoms with Crippen LogP contribution in [-0.4, -0.2) is 30.6 Å². The first-order chi connectivity index (χ1) is 11.3. The fourth-order valence-corrected chi connectivity index (χ4v) is 2.77. The van der Waals surface area contributed by atoms with Crippen molar-refractivity contribution in [1.82, 2.24) is 0 Å². The van der Waals surface area contributed by atoms with E-state index in [1.165, 1.54) is 0 Å². The molecule has 24 heavy (non-hydrogen) atoms. The molecule has 0 spiro atoms. The van der Waals surface area contributed by atoms with Crippen molar-refractivity contribution in [3.05, 3.63) is 32.3 Å². The standard InChI is InChI=1S/C15H12Cl3F2NO3/c1-2-24-15(23)7(5-21-6-3-4-6)14(22)8-9(16)12(19)11(18)13(20)10(8)17/h5-7H,2-4H2,1H3. The van der Waals surface area contributed by atoms with Gasteiger partial charge in [-0.3, -0.25) is 14.6 Å². The van der Waals surface area contributed by atoms with E-state index in [0.717, 1.165) is 19.1 Å². The van der Waals surface area contributed by atoms with Crippen LogP contribution >= 0.6 is 34.8 Å². The predicted octanol–water partition coefficient (Wildman–Crippen LogP) is 4.52. The normalized spacial score (nSPS) is 15.6. The Morgan fingerprint density at radius 1 is 1.21 bits per heavy atom. The minimum atomic E-state index is -1.50. The first kappa shape index (κ1) is 19.1. The summed E-state index contributed by atoms with van der Waals surface area (Å²) in [6, 6.07) is 0.0272. The van der Waals surface area contributed by atoms with Crippen molar-refractivity contribution in [2.75, 3.05) is 6.61 Å². The van der Waals surface area contributed by atoms with Crippen molar-refractivity contribution in [2.24, 2.45) is 10.9 Å². The van der Waals surface area contributed by atoms with Gasteiger partial charge in [0.15, 0.2) is 23.3 Å². The van der Waals surface area contributed by atoms with Gasteiger partial charge in [0, 0.05) is 12.3 Å². The number of hydrogen-bond donors (Lipinski definition) is 0. The molecule has 2 rings (SSSR count). The van der Waals surface area contributed by atoms with Crippen LogP contribution in [-0.2, 0) is 9.53 Å².